The Bertz CT molecular complexity index is 2370. The van der Waals surface area contributed by atoms with Crippen LogP contribution in [0.2, 0.25) is 0 Å². The molecule has 1 aliphatic carbocycles. The second-order valence-electron chi connectivity index (χ2n) is 19.9. The molecule has 12 N–H and O–H groups in total. The van der Waals surface area contributed by atoms with Crippen molar-refractivity contribution < 1.29 is 84.0 Å². The number of H-pyrrole nitrogens is 1. The van der Waals surface area contributed by atoms with Gasteiger partial charge < -0.3 is 90.0 Å². The van der Waals surface area contributed by atoms with E-state index < -0.39 is 75.1 Å². The van der Waals surface area contributed by atoms with Gasteiger partial charge >= 0.3 is 5.97 Å². The summed E-state index contributed by atoms with van der Waals surface area (Å²) in [4.78, 5) is 39.8. The van der Waals surface area contributed by atoms with Gasteiger partial charge in [-0.25, -0.2) is 4.99 Å². The van der Waals surface area contributed by atoms with Crippen molar-refractivity contribution in [2.45, 2.75) is 109 Å². The van der Waals surface area contributed by atoms with Gasteiger partial charge in [-0.15, -0.1) is 0 Å². The number of carbonyl (C=O) groups excluding carboxylic acids is 1. The predicted molar refractivity (Wildman–Crippen MR) is 275 cm³/mol. The van der Waals surface area contributed by atoms with Crippen LogP contribution in [-0.4, -0.2) is 222 Å². The predicted octanol–water partition coefficient (Wildman–Crippen LogP) is -1.56. The summed E-state index contributed by atoms with van der Waals surface area (Å²) in [5.41, 5.74) is 9.18. The molecule has 5 heterocycles. The molecule has 0 spiro atoms. The number of rotatable bonds is 33. The first-order valence-electron chi connectivity index (χ1n) is 25.9. The molecule has 418 valence electrons. The number of ketones is 1. The molecule has 7 unspecified atom stereocenters. The summed E-state index contributed by atoms with van der Waals surface area (Å²) < 4.78 is 35.4. The molecule has 4 aliphatic heterocycles. The largest absolute Gasteiger partial charge is 0.481 e. The van der Waals surface area contributed by atoms with Crippen LogP contribution in [0, 0.1) is 24.7 Å². The van der Waals surface area contributed by atoms with Gasteiger partial charge in [-0.05, 0) is 74.1 Å². The zero-order valence-corrected chi connectivity index (χ0v) is 43.7. The van der Waals surface area contributed by atoms with Gasteiger partial charge in [0, 0.05) is 65.0 Å². The van der Waals surface area contributed by atoms with E-state index in [9.17, 15) is 55.5 Å². The van der Waals surface area contributed by atoms with E-state index in [1.165, 1.54) is 0 Å². The lowest BCUT2D eigenvalue weighted by Gasteiger charge is -2.28. The van der Waals surface area contributed by atoms with Crippen LogP contribution in [0.5, 0.6) is 0 Å². The Labute approximate surface area is 436 Å². The van der Waals surface area contributed by atoms with Gasteiger partial charge in [0.05, 0.1) is 127 Å². The van der Waals surface area contributed by atoms with Crippen molar-refractivity contribution in [2.75, 3.05) is 99.0 Å². The third kappa shape index (κ3) is 15.9. The number of nitrogens with zero attached hydrogens (tertiary/aromatic N) is 2. The Hall–Kier alpha value is -4.34. The molecule has 1 aromatic rings. The van der Waals surface area contributed by atoms with E-state index in [0.717, 1.165) is 61.4 Å². The average Bonchev–Trinajstić information content (AvgIpc) is 4.16. The minimum Gasteiger partial charge on any atom is -0.481 e. The summed E-state index contributed by atoms with van der Waals surface area (Å²) in [6, 6.07) is -0.883. The lowest BCUT2D eigenvalue weighted by molar-refractivity contribution is -0.137. The summed E-state index contributed by atoms with van der Waals surface area (Å²) in [6.45, 7) is 7.42. The Morgan fingerprint density at radius 1 is 0.773 bits per heavy atom. The van der Waals surface area contributed by atoms with E-state index in [1.54, 1.807) is 0 Å². The first-order valence-corrected chi connectivity index (χ1v) is 25.9. The van der Waals surface area contributed by atoms with Gasteiger partial charge in [0.25, 0.3) is 0 Å². The van der Waals surface area contributed by atoms with Crippen molar-refractivity contribution in [3.63, 3.8) is 0 Å². The van der Waals surface area contributed by atoms with Crippen LogP contribution in [0.25, 0.3) is 11.6 Å². The number of aliphatic carboxylic acids is 1. The second-order valence-corrected chi connectivity index (χ2v) is 19.9. The number of nitrogens with one attached hydrogen (secondary N) is 3. The van der Waals surface area contributed by atoms with E-state index >= 15 is 0 Å². The highest BCUT2D eigenvalue weighted by Gasteiger charge is 2.40. The molecule has 8 bridgehead atoms. The van der Waals surface area contributed by atoms with Crippen molar-refractivity contribution >= 4 is 34.8 Å². The van der Waals surface area contributed by atoms with Crippen LogP contribution < -0.4 is 21.3 Å². The minimum absolute atomic E-state index is 0.00429. The standard InChI is InChI=1S/C53H79N5O17/c1-6-39-28(2)44-11-48-42(30(4)43(56-48)10-45-29(3)40(7-8-50(68)69)52(57-45)41-9-49(67)51-31(5)46(58-53(41)51)12-47(39)55-44)13-54-32(18-74-37(24-70-20-33(63)14-59)25-71-21-34(64)15-60)19-75-38(26-72-22-35(65)16-61)27-73-23-36(66)17-62/h10-12,29,32-38,40,42,48,54,56,58-66H,6-9,13-27H2,1-5H3,(H,68,69)/b44-11-,45-10-,46-12-/t29-,32?,33?,34?,35?,36?,37?,38?,40?,42?,48?/m0/s1. The third-order valence-electron chi connectivity index (χ3n) is 14.2. The topological polar surface area (TPSA) is 336 Å². The molecular formula is C53H79N5O17. The van der Waals surface area contributed by atoms with Crippen LogP contribution >= 0.6 is 0 Å². The molecule has 5 aliphatic rings. The molecule has 0 radical (unpaired) electrons. The van der Waals surface area contributed by atoms with Crippen molar-refractivity contribution in [3.05, 3.63) is 67.8 Å². The normalized spacial score (nSPS) is 24.9. The Morgan fingerprint density at radius 2 is 1.32 bits per heavy atom. The van der Waals surface area contributed by atoms with Crippen LogP contribution in [0.3, 0.4) is 0 Å². The van der Waals surface area contributed by atoms with Crippen molar-refractivity contribution in [1.82, 2.24) is 15.6 Å². The van der Waals surface area contributed by atoms with Crippen molar-refractivity contribution in [2.24, 2.45) is 27.7 Å². The molecule has 8 atom stereocenters. The van der Waals surface area contributed by atoms with Crippen molar-refractivity contribution in [3.8, 4) is 0 Å². The number of fused-ring (bicyclic) bond motifs is 6. The number of carboxylic acids is 1. The fraction of sp³-hybridized carbons (Fsp3) is 0.660. The maximum absolute atomic E-state index is 13.8. The highest BCUT2D eigenvalue weighted by Crippen LogP contribution is 2.40. The highest BCUT2D eigenvalue weighted by molar-refractivity contribution is 6.29. The van der Waals surface area contributed by atoms with Gasteiger partial charge in [-0.2, -0.15) is 0 Å². The molecule has 0 saturated carbocycles. The van der Waals surface area contributed by atoms with E-state index in [2.05, 4.69) is 35.5 Å². The molecule has 6 rings (SSSR count). The van der Waals surface area contributed by atoms with Gasteiger partial charge in [-0.1, -0.05) is 13.8 Å². The Kier molecular flexibility index (Phi) is 23.1. The molecule has 0 fully saturated rings. The third-order valence-corrected chi connectivity index (χ3v) is 14.2. The zero-order valence-electron chi connectivity index (χ0n) is 43.7. The zero-order chi connectivity index (χ0) is 54.3. The van der Waals surface area contributed by atoms with E-state index in [0.29, 0.717) is 30.7 Å². The minimum atomic E-state index is -1.13. The maximum atomic E-state index is 13.8. The summed E-state index contributed by atoms with van der Waals surface area (Å²) in [7, 11) is 0. The van der Waals surface area contributed by atoms with E-state index in [4.69, 9.17) is 38.4 Å². The number of aliphatic hydroxyl groups excluding tert-OH is 8. The quantitative estimate of drug-likeness (QED) is 0.0379. The number of hydrogen-bond acceptors (Lipinski definition) is 20. The summed E-state index contributed by atoms with van der Waals surface area (Å²) in [5.74, 6) is -1.59. The molecule has 1 aromatic heterocycles. The average molecular weight is 1060 g/mol. The van der Waals surface area contributed by atoms with Crippen LogP contribution in [0.4, 0.5) is 0 Å². The molecular weight excluding hydrogens is 979 g/mol. The number of aromatic amines is 1. The molecule has 22 heteroatoms. The Morgan fingerprint density at radius 3 is 1.83 bits per heavy atom. The number of aliphatic hydroxyl groups is 8. The fourth-order valence-corrected chi connectivity index (χ4v) is 9.85. The van der Waals surface area contributed by atoms with Gasteiger partial charge in [0.15, 0.2) is 5.78 Å². The van der Waals surface area contributed by atoms with Crippen LogP contribution in [0.15, 0.2) is 55.9 Å². The first-order chi connectivity index (χ1) is 36.0. The number of aromatic nitrogens is 1. The Balaban J connectivity index is 1.36. The molecule has 75 heavy (non-hydrogen) atoms. The monoisotopic (exact) mass is 1060 g/mol. The highest BCUT2D eigenvalue weighted by atomic mass is 16.6. The number of carbonyl (C=O) groups is 2. The molecule has 22 nitrogen and oxygen atoms in total. The number of hydrogen-bond donors (Lipinski definition) is 12. The molecule has 0 saturated heterocycles. The lowest BCUT2D eigenvalue weighted by Crippen LogP contribution is -2.45. The van der Waals surface area contributed by atoms with Gasteiger partial charge in [0.2, 0.25) is 0 Å². The molecule has 0 aromatic carbocycles. The van der Waals surface area contributed by atoms with Crippen LogP contribution in [-0.2, 0) is 33.2 Å². The maximum Gasteiger partial charge on any atom is 0.303 e. The van der Waals surface area contributed by atoms with Gasteiger partial charge in [0.1, 0.15) is 36.6 Å². The number of allylic oxidation sites excluding steroid dienone is 4. The number of ether oxygens (including phenoxy) is 6. The smallest absolute Gasteiger partial charge is 0.303 e. The van der Waals surface area contributed by atoms with Crippen LogP contribution in [0.1, 0.15) is 69.3 Å². The number of carboxylic acid groups (broad SMARTS) is 1. The van der Waals surface area contributed by atoms with Gasteiger partial charge in [-0.3, -0.25) is 14.6 Å². The second kappa shape index (κ2) is 28.9. The number of Topliss-reactive ketones (excluding diaryl/α,β-unsaturated/α-hetero) is 1. The summed E-state index contributed by atoms with van der Waals surface area (Å²) in [5, 5.41) is 96.1. The van der Waals surface area contributed by atoms with E-state index in [1.807, 2.05) is 32.9 Å². The first kappa shape index (κ1) is 59.9. The summed E-state index contributed by atoms with van der Waals surface area (Å²) in [6.07, 6.45) is 1.24. The molecule has 0 amide bonds. The van der Waals surface area contributed by atoms with E-state index in [-0.39, 0.29) is 108 Å². The summed E-state index contributed by atoms with van der Waals surface area (Å²) >= 11 is 0. The SMILES string of the molecule is CCC1=C(C)/C2=C/C3NC(=C(C)C3CNC(COC(COCC(O)CO)COCC(O)CO)COC(COCC(O)CO)COCC(O)CO)/C=C3\N=C(C4=c5[nH]/c(c(C)c5C(=O)C4)=C\C1=N2)C(CCC(=O)O)[C@@H]3C. The van der Waals surface area contributed by atoms with Crippen molar-refractivity contribution in [1.29, 1.82) is 0 Å². The fourth-order valence-electron chi connectivity index (χ4n) is 9.85. The number of aliphatic imine (C=N–C) groups is 2. The lowest BCUT2D eigenvalue weighted by atomic mass is 9.83.